The van der Waals surface area contributed by atoms with Crippen molar-refractivity contribution in [1.82, 2.24) is 0 Å². The fraction of sp³-hybridized carbons (Fsp3) is 0. The molecule has 1 N–H and O–H groups in total. The number of rotatable bonds is 3. The molecule has 3 aromatic rings. The molecule has 2 aromatic heterocycles. The number of benzene rings is 1. The standard InChI is InChI=1S/C15H6Br2O6S/c16-8-5-6-4-7(13(18)19)14(20)22-11(6)12(10(8)17)23-15(21)9-2-1-3-24-9/h1-5H,(H,18,19). The summed E-state index contributed by atoms with van der Waals surface area (Å²) < 4.78 is 11.3. The number of carbonyl (C=O) groups is 2. The van der Waals surface area contributed by atoms with Gasteiger partial charge in [0.15, 0.2) is 11.3 Å². The first-order chi connectivity index (χ1) is 11.4. The maximum absolute atomic E-state index is 12.2. The van der Waals surface area contributed by atoms with Crippen molar-refractivity contribution < 1.29 is 23.8 Å². The number of hydrogen-bond acceptors (Lipinski definition) is 6. The van der Waals surface area contributed by atoms with E-state index in [9.17, 15) is 14.4 Å². The van der Waals surface area contributed by atoms with E-state index >= 15 is 0 Å². The molecule has 0 bridgehead atoms. The van der Waals surface area contributed by atoms with Crippen molar-refractivity contribution in [1.29, 1.82) is 0 Å². The van der Waals surface area contributed by atoms with Crippen molar-refractivity contribution in [2.75, 3.05) is 0 Å². The second-order valence-corrected chi connectivity index (χ2v) is 7.13. The Morgan fingerprint density at radius 2 is 2.00 bits per heavy atom. The Bertz CT molecular complexity index is 1020. The number of halogens is 2. The molecule has 24 heavy (non-hydrogen) atoms. The Labute approximate surface area is 154 Å². The van der Waals surface area contributed by atoms with Gasteiger partial charge in [0, 0.05) is 9.86 Å². The van der Waals surface area contributed by atoms with Gasteiger partial charge in [-0.15, -0.1) is 11.3 Å². The summed E-state index contributed by atoms with van der Waals surface area (Å²) in [5.74, 6) is -2.02. The smallest absolute Gasteiger partial charge is 0.353 e. The number of esters is 1. The van der Waals surface area contributed by atoms with Gasteiger partial charge >= 0.3 is 17.6 Å². The highest BCUT2D eigenvalue weighted by atomic mass is 79.9. The third-order valence-corrected chi connectivity index (χ3v) is 5.82. The molecule has 0 aliphatic rings. The molecule has 0 saturated carbocycles. The summed E-state index contributed by atoms with van der Waals surface area (Å²) in [6.07, 6.45) is 0. The van der Waals surface area contributed by atoms with Crippen LogP contribution >= 0.6 is 43.2 Å². The number of thiophene rings is 1. The fourth-order valence-electron chi connectivity index (χ4n) is 1.96. The summed E-state index contributed by atoms with van der Waals surface area (Å²) in [5, 5.41) is 11.1. The molecule has 0 radical (unpaired) electrons. The molecule has 0 aliphatic carbocycles. The second kappa shape index (κ2) is 6.50. The lowest BCUT2D eigenvalue weighted by Crippen LogP contribution is -2.14. The SMILES string of the molecule is O=C(Oc1c(Br)c(Br)cc2cc(C(=O)O)c(=O)oc12)c1cccs1. The molecule has 0 atom stereocenters. The minimum Gasteiger partial charge on any atom is -0.477 e. The topological polar surface area (TPSA) is 93.8 Å². The van der Waals surface area contributed by atoms with Gasteiger partial charge in [-0.25, -0.2) is 14.4 Å². The van der Waals surface area contributed by atoms with Gasteiger partial charge in [0.25, 0.3) is 0 Å². The van der Waals surface area contributed by atoms with Crippen molar-refractivity contribution in [2.45, 2.75) is 0 Å². The Kier molecular flexibility index (Phi) is 4.57. The number of carboxylic acids is 1. The number of hydrogen-bond donors (Lipinski definition) is 1. The lowest BCUT2D eigenvalue weighted by molar-refractivity contribution is 0.0688. The van der Waals surface area contributed by atoms with Crippen LogP contribution in [0.25, 0.3) is 11.0 Å². The molecule has 1 aromatic carbocycles. The number of carboxylic acid groups (broad SMARTS) is 1. The van der Waals surface area contributed by atoms with E-state index in [2.05, 4.69) is 31.9 Å². The quantitative estimate of drug-likeness (QED) is 0.346. The van der Waals surface area contributed by atoms with Gasteiger partial charge < -0.3 is 14.3 Å². The Morgan fingerprint density at radius 1 is 1.25 bits per heavy atom. The number of aromatic carboxylic acids is 1. The van der Waals surface area contributed by atoms with E-state index in [0.29, 0.717) is 19.2 Å². The highest BCUT2D eigenvalue weighted by Gasteiger charge is 2.21. The van der Waals surface area contributed by atoms with Crippen LogP contribution in [-0.2, 0) is 0 Å². The third-order valence-electron chi connectivity index (χ3n) is 3.02. The van der Waals surface area contributed by atoms with Crippen molar-refractivity contribution >= 4 is 66.1 Å². The minimum absolute atomic E-state index is 0.00758. The fourth-order valence-corrected chi connectivity index (χ4v) is 3.36. The molecule has 122 valence electrons. The average molecular weight is 474 g/mol. The molecular formula is C15H6Br2O6S. The summed E-state index contributed by atoms with van der Waals surface area (Å²) in [5.41, 5.74) is -1.56. The van der Waals surface area contributed by atoms with Crippen LogP contribution in [0.3, 0.4) is 0 Å². The average Bonchev–Trinajstić information content (AvgIpc) is 3.06. The zero-order valence-electron chi connectivity index (χ0n) is 11.5. The molecule has 0 unspecified atom stereocenters. The van der Waals surface area contributed by atoms with E-state index in [0.717, 1.165) is 0 Å². The first-order valence-electron chi connectivity index (χ1n) is 6.33. The summed E-state index contributed by atoms with van der Waals surface area (Å²) in [6, 6.07) is 6.02. The van der Waals surface area contributed by atoms with Gasteiger partial charge in [-0.3, -0.25) is 0 Å². The van der Waals surface area contributed by atoms with Gasteiger partial charge in [0.2, 0.25) is 0 Å². The Balaban J connectivity index is 2.20. The minimum atomic E-state index is -1.40. The van der Waals surface area contributed by atoms with E-state index in [1.54, 1.807) is 23.6 Å². The monoisotopic (exact) mass is 472 g/mol. The van der Waals surface area contributed by atoms with Gasteiger partial charge in [0.05, 0.1) is 4.47 Å². The number of carbonyl (C=O) groups excluding carboxylic acids is 1. The highest BCUT2D eigenvalue weighted by Crippen LogP contribution is 2.39. The molecule has 0 amide bonds. The number of ether oxygens (including phenoxy) is 1. The molecule has 2 heterocycles. The molecule has 0 saturated heterocycles. The second-order valence-electron chi connectivity index (χ2n) is 4.54. The van der Waals surface area contributed by atoms with Gasteiger partial charge in [-0.2, -0.15) is 0 Å². The summed E-state index contributed by atoms with van der Waals surface area (Å²) >= 11 is 7.75. The molecule has 0 aliphatic heterocycles. The van der Waals surface area contributed by atoms with Crippen LogP contribution in [-0.4, -0.2) is 17.0 Å². The van der Waals surface area contributed by atoms with Crippen LogP contribution in [0, 0.1) is 0 Å². The van der Waals surface area contributed by atoms with Crippen LogP contribution in [0.15, 0.2) is 47.8 Å². The van der Waals surface area contributed by atoms with Gasteiger partial charge in [-0.1, -0.05) is 6.07 Å². The third kappa shape index (κ3) is 3.02. The van der Waals surface area contributed by atoms with E-state index < -0.39 is 23.1 Å². The molecule has 0 fully saturated rings. The first kappa shape index (κ1) is 16.9. The van der Waals surface area contributed by atoms with Gasteiger partial charge in [0.1, 0.15) is 10.4 Å². The molecule has 6 nitrogen and oxygen atoms in total. The Hall–Kier alpha value is -1.97. The van der Waals surface area contributed by atoms with E-state index in [1.807, 2.05) is 0 Å². The lowest BCUT2D eigenvalue weighted by Gasteiger charge is -2.10. The molecular weight excluding hydrogens is 468 g/mol. The van der Waals surface area contributed by atoms with Crippen LogP contribution in [0.2, 0.25) is 0 Å². The van der Waals surface area contributed by atoms with Crippen molar-refractivity contribution in [3.05, 3.63) is 59.5 Å². The summed E-state index contributed by atoms with van der Waals surface area (Å²) in [6.45, 7) is 0. The summed E-state index contributed by atoms with van der Waals surface area (Å²) in [7, 11) is 0. The van der Waals surface area contributed by atoms with Crippen LogP contribution in [0.4, 0.5) is 0 Å². The van der Waals surface area contributed by atoms with Crippen molar-refractivity contribution in [2.24, 2.45) is 0 Å². The van der Waals surface area contributed by atoms with E-state index in [-0.39, 0.29) is 11.3 Å². The van der Waals surface area contributed by atoms with Crippen molar-refractivity contribution in [3.63, 3.8) is 0 Å². The van der Waals surface area contributed by atoms with Crippen LogP contribution in [0.5, 0.6) is 5.75 Å². The first-order valence-corrected chi connectivity index (χ1v) is 8.80. The van der Waals surface area contributed by atoms with E-state index in [1.165, 1.54) is 17.4 Å². The maximum Gasteiger partial charge on any atom is 0.353 e. The van der Waals surface area contributed by atoms with Crippen LogP contribution < -0.4 is 10.4 Å². The highest BCUT2D eigenvalue weighted by molar-refractivity contribution is 9.13. The zero-order chi connectivity index (χ0) is 17.4. The predicted molar refractivity (Wildman–Crippen MR) is 94.1 cm³/mol. The van der Waals surface area contributed by atoms with E-state index in [4.69, 9.17) is 14.3 Å². The Morgan fingerprint density at radius 3 is 2.62 bits per heavy atom. The molecule has 9 heteroatoms. The normalized spacial score (nSPS) is 10.8. The largest absolute Gasteiger partial charge is 0.477 e. The zero-order valence-corrected chi connectivity index (χ0v) is 15.5. The number of fused-ring (bicyclic) bond motifs is 1. The van der Waals surface area contributed by atoms with Gasteiger partial charge in [-0.05, 0) is 55.4 Å². The maximum atomic E-state index is 12.2. The lowest BCUT2D eigenvalue weighted by atomic mass is 10.2. The van der Waals surface area contributed by atoms with Crippen LogP contribution in [0.1, 0.15) is 20.0 Å². The predicted octanol–water partition coefficient (Wildman–Crippen LogP) is 4.30. The van der Waals surface area contributed by atoms with Crippen molar-refractivity contribution in [3.8, 4) is 5.75 Å². The summed E-state index contributed by atoms with van der Waals surface area (Å²) in [4.78, 5) is 35.5. The molecule has 0 spiro atoms. The molecule has 3 rings (SSSR count).